The van der Waals surface area contributed by atoms with E-state index in [2.05, 4.69) is 0 Å². The Hall–Kier alpha value is -2.04. The molecule has 0 atom stereocenters. The van der Waals surface area contributed by atoms with E-state index in [1.54, 1.807) is 29.0 Å². The first-order valence-corrected chi connectivity index (χ1v) is 5.94. The molecule has 2 rings (SSSR count). The first-order valence-electron chi connectivity index (χ1n) is 5.94. The zero-order chi connectivity index (χ0) is 13.3. The van der Waals surface area contributed by atoms with Gasteiger partial charge in [0.25, 0.3) is 5.91 Å². The van der Waals surface area contributed by atoms with Crippen LogP contribution in [0, 0.1) is 0 Å². The summed E-state index contributed by atoms with van der Waals surface area (Å²) in [4.78, 5) is 27.1. The molecule has 0 radical (unpaired) electrons. The molecule has 0 saturated carbocycles. The third-order valence-corrected chi connectivity index (χ3v) is 3.24. The molecule has 1 aliphatic rings. The molecule has 5 heteroatoms. The topological polar surface area (TPSA) is 66.6 Å². The van der Waals surface area contributed by atoms with E-state index in [1.807, 2.05) is 13.0 Å². The number of benzene rings is 1. The van der Waals surface area contributed by atoms with Crippen LogP contribution in [-0.2, 0) is 11.3 Å². The molecule has 96 valence electrons. The molecule has 18 heavy (non-hydrogen) atoms. The highest BCUT2D eigenvalue weighted by molar-refractivity contribution is 6.00. The van der Waals surface area contributed by atoms with Crippen LogP contribution < -0.4 is 5.73 Å². The fourth-order valence-corrected chi connectivity index (χ4v) is 1.97. The van der Waals surface area contributed by atoms with Crippen LogP contribution in [0.3, 0.4) is 0 Å². The molecule has 5 nitrogen and oxygen atoms in total. The Balaban J connectivity index is 2.12. The van der Waals surface area contributed by atoms with Crippen LogP contribution in [0.15, 0.2) is 18.2 Å². The molecule has 1 aromatic rings. The number of anilines is 1. The van der Waals surface area contributed by atoms with Gasteiger partial charge in [0.2, 0.25) is 5.91 Å². The number of amides is 2. The number of hydrogen-bond acceptors (Lipinski definition) is 3. The van der Waals surface area contributed by atoms with Crippen molar-refractivity contribution < 1.29 is 9.59 Å². The molecule has 0 aliphatic carbocycles. The molecule has 1 heterocycles. The Morgan fingerprint density at radius 1 is 1.50 bits per heavy atom. The van der Waals surface area contributed by atoms with E-state index in [0.29, 0.717) is 24.3 Å². The van der Waals surface area contributed by atoms with Crippen LogP contribution in [0.4, 0.5) is 5.69 Å². The minimum Gasteiger partial charge on any atom is -0.399 e. The summed E-state index contributed by atoms with van der Waals surface area (Å²) in [6, 6.07) is 5.29. The quantitative estimate of drug-likeness (QED) is 0.800. The minimum absolute atomic E-state index is 0.0494. The minimum atomic E-state index is -0.116. The summed E-state index contributed by atoms with van der Waals surface area (Å²) in [6.07, 6.45) is 0. The highest BCUT2D eigenvalue weighted by atomic mass is 16.2. The molecule has 1 aromatic carbocycles. The highest BCUT2D eigenvalue weighted by Crippen LogP contribution is 2.24. The maximum absolute atomic E-state index is 12.1. The molecular formula is C13H17N3O2. The number of likely N-dealkylation sites (N-methyl/N-ethyl adjacent to an activating group) is 1. The number of nitrogens with zero attached hydrogens (tertiary/aromatic N) is 2. The molecule has 1 aliphatic heterocycles. The van der Waals surface area contributed by atoms with E-state index >= 15 is 0 Å². The molecule has 0 spiro atoms. The molecule has 2 N–H and O–H groups in total. The third-order valence-electron chi connectivity index (χ3n) is 3.24. The lowest BCUT2D eigenvalue weighted by molar-refractivity contribution is -0.130. The van der Waals surface area contributed by atoms with Gasteiger partial charge in [-0.25, -0.2) is 0 Å². The van der Waals surface area contributed by atoms with E-state index in [0.717, 1.165) is 5.56 Å². The second kappa shape index (κ2) is 4.68. The monoisotopic (exact) mass is 247 g/mol. The van der Waals surface area contributed by atoms with Crippen LogP contribution in [0.25, 0.3) is 0 Å². The Kier molecular flexibility index (Phi) is 3.23. The Bertz CT molecular complexity index is 499. The summed E-state index contributed by atoms with van der Waals surface area (Å²) >= 11 is 0. The first-order chi connectivity index (χ1) is 8.52. The maximum atomic E-state index is 12.1. The first kappa shape index (κ1) is 12.4. The van der Waals surface area contributed by atoms with Gasteiger partial charge in [-0.05, 0) is 24.6 Å². The number of rotatable bonds is 3. The Morgan fingerprint density at radius 2 is 2.22 bits per heavy atom. The van der Waals surface area contributed by atoms with Gasteiger partial charge in [0.15, 0.2) is 0 Å². The van der Waals surface area contributed by atoms with Crippen molar-refractivity contribution in [3.8, 4) is 0 Å². The predicted molar refractivity (Wildman–Crippen MR) is 68.9 cm³/mol. The van der Waals surface area contributed by atoms with Gasteiger partial charge in [-0.1, -0.05) is 6.07 Å². The van der Waals surface area contributed by atoms with Crippen LogP contribution in [-0.4, -0.2) is 41.8 Å². The Labute approximate surface area is 106 Å². The van der Waals surface area contributed by atoms with Crippen LogP contribution >= 0.6 is 0 Å². The summed E-state index contributed by atoms with van der Waals surface area (Å²) < 4.78 is 0. The second-order valence-electron chi connectivity index (χ2n) is 4.49. The van der Waals surface area contributed by atoms with Crippen molar-refractivity contribution >= 4 is 17.5 Å². The largest absolute Gasteiger partial charge is 0.399 e. The zero-order valence-corrected chi connectivity index (χ0v) is 10.6. The normalized spacial score (nSPS) is 13.7. The summed E-state index contributed by atoms with van der Waals surface area (Å²) in [5.74, 6) is -0.165. The Morgan fingerprint density at radius 3 is 2.89 bits per heavy atom. The van der Waals surface area contributed by atoms with Crippen molar-refractivity contribution in [2.45, 2.75) is 13.5 Å². The van der Waals surface area contributed by atoms with Gasteiger partial charge in [0.05, 0.1) is 0 Å². The van der Waals surface area contributed by atoms with Gasteiger partial charge >= 0.3 is 0 Å². The number of nitrogen functional groups attached to an aromatic ring is 1. The average Bonchev–Trinajstić information content (AvgIpc) is 2.65. The summed E-state index contributed by atoms with van der Waals surface area (Å²) in [7, 11) is 1.73. The average molecular weight is 247 g/mol. The van der Waals surface area contributed by atoms with Crippen molar-refractivity contribution in [3.63, 3.8) is 0 Å². The summed E-state index contributed by atoms with van der Waals surface area (Å²) in [6.45, 7) is 3.15. The number of fused-ring (bicyclic) bond motifs is 1. The zero-order valence-electron chi connectivity index (χ0n) is 10.6. The van der Waals surface area contributed by atoms with Gasteiger partial charge in [-0.15, -0.1) is 0 Å². The number of carbonyl (C=O) groups is 2. The fourth-order valence-electron chi connectivity index (χ4n) is 1.97. The smallest absolute Gasteiger partial charge is 0.255 e. The van der Waals surface area contributed by atoms with Crippen LogP contribution in [0.1, 0.15) is 22.8 Å². The lowest BCUT2D eigenvalue weighted by Crippen LogP contribution is -2.38. The van der Waals surface area contributed by atoms with Gasteiger partial charge in [0.1, 0.15) is 6.54 Å². The van der Waals surface area contributed by atoms with Gasteiger partial charge in [-0.2, -0.15) is 0 Å². The van der Waals surface area contributed by atoms with E-state index in [9.17, 15) is 9.59 Å². The van der Waals surface area contributed by atoms with Crippen molar-refractivity contribution in [1.29, 1.82) is 0 Å². The third kappa shape index (κ3) is 2.16. The van der Waals surface area contributed by atoms with Gasteiger partial charge < -0.3 is 15.5 Å². The molecule has 0 aromatic heterocycles. The second-order valence-corrected chi connectivity index (χ2v) is 4.49. The van der Waals surface area contributed by atoms with Crippen molar-refractivity contribution in [1.82, 2.24) is 9.80 Å². The number of hydrogen-bond donors (Lipinski definition) is 1. The molecule has 2 amide bonds. The SMILES string of the molecule is CCN(C)C(=O)CN1Cc2ccc(N)cc2C1=O. The van der Waals surface area contributed by atoms with Crippen molar-refractivity contribution in [2.75, 3.05) is 25.9 Å². The van der Waals surface area contributed by atoms with Crippen molar-refractivity contribution in [2.24, 2.45) is 0 Å². The molecule has 0 unspecified atom stereocenters. The molecular weight excluding hydrogens is 230 g/mol. The van der Waals surface area contributed by atoms with Crippen LogP contribution in [0.5, 0.6) is 0 Å². The number of carbonyl (C=O) groups excluding carboxylic acids is 2. The molecule has 0 fully saturated rings. The summed E-state index contributed by atoms with van der Waals surface area (Å²) in [5, 5.41) is 0. The standard InChI is InChI=1S/C13H17N3O2/c1-3-15(2)12(17)8-16-7-9-4-5-10(14)6-11(9)13(16)18/h4-6H,3,7-8,14H2,1-2H3. The van der Waals surface area contributed by atoms with Gasteiger partial charge in [0, 0.05) is 31.4 Å². The fraction of sp³-hybridized carbons (Fsp3) is 0.385. The summed E-state index contributed by atoms with van der Waals surface area (Å²) in [5.41, 5.74) is 7.78. The molecule has 0 saturated heterocycles. The molecule has 0 bridgehead atoms. The van der Waals surface area contributed by atoms with E-state index in [-0.39, 0.29) is 18.4 Å². The predicted octanol–water partition coefficient (Wildman–Crippen LogP) is 0.703. The van der Waals surface area contributed by atoms with Crippen LogP contribution in [0.2, 0.25) is 0 Å². The lowest BCUT2D eigenvalue weighted by Gasteiger charge is -2.20. The lowest BCUT2D eigenvalue weighted by atomic mass is 10.1. The highest BCUT2D eigenvalue weighted by Gasteiger charge is 2.29. The van der Waals surface area contributed by atoms with E-state index in [1.165, 1.54) is 0 Å². The maximum Gasteiger partial charge on any atom is 0.255 e. The van der Waals surface area contributed by atoms with Crippen molar-refractivity contribution in [3.05, 3.63) is 29.3 Å². The van der Waals surface area contributed by atoms with Gasteiger partial charge in [-0.3, -0.25) is 9.59 Å². The number of nitrogens with two attached hydrogens (primary N) is 1. The van der Waals surface area contributed by atoms with E-state index in [4.69, 9.17) is 5.73 Å². The van der Waals surface area contributed by atoms with E-state index < -0.39 is 0 Å².